The lowest BCUT2D eigenvalue weighted by molar-refractivity contribution is 0.0743. The molecule has 29 heavy (non-hydrogen) atoms. The molecule has 6 nitrogen and oxygen atoms in total. The van der Waals surface area contributed by atoms with E-state index < -0.39 is 0 Å². The Kier molecular flexibility index (Phi) is 6.73. The van der Waals surface area contributed by atoms with E-state index in [0.717, 1.165) is 0 Å². The second kappa shape index (κ2) is 9.64. The first-order valence-electron chi connectivity index (χ1n) is 9.36. The maximum absolute atomic E-state index is 13.4. The number of nitrogens with zero attached hydrogens (tertiary/aromatic N) is 3. The lowest BCUT2D eigenvalue weighted by Gasteiger charge is -2.21. The molecule has 3 aromatic rings. The Bertz CT molecular complexity index is 1020. The first kappa shape index (κ1) is 20.3. The molecule has 150 valence electrons. The molecule has 0 aliphatic rings. The predicted octanol–water partition coefficient (Wildman–Crippen LogP) is 3.12. The van der Waals surface area contributed by atoms with Crippen molar-refractivity contribution in [1.82, 2.24) is 14.7 Å². The summed E-state index contributed by atoms with van der Waals surface area (Å²) in [4.78, 5) is 26.5. The molecule has 1 amide bonds. The van der Waals surface area contributed by atoms with Gasteiger partial charge in [-0.15, -0.1) is 0 Å². The zero-order valence-corrected chi connectivity index (χ0v) is 16.1. The van der Waals surface area contributed by atoms with Crippen LogP contribution in [0.25, 0.3) is 0 Å². The number of ether oxygens (including phenoxy) is 1. The molecule has 7 heteroatoms. The zero-order valence-electron chi connectivity index (χ0n) is 16.1. The quantitative estimate of drug-likeness (QED) is 0.588. The highest BCUT2D eigenvalue weighted by molar-refractivity contribution is 5.92. The summed E-state index contributed by atoms with van der Waals surface area (Å²) >= 11 is 0. The minimum atomic E-state index is -0.351. The van der Waals surface area contributed by atoms with Gasteiger partial charge in [0.1, 0.15) is 23.9 Å². The van der Waals surface area contributed by atoms with Crippen molar-refractivity contribution in [2.45, 2.75) is 20.0 Å². The van der Waals surface area contributed by atoms with Crippen LogP contribution in [-0.2, 0) is 13.1 Å². The number of benzene rings is 2. The number of para-hydroxylation sites is 1. The Hall–Kier alpha value is -3.48. The van der Waals surface area contributed by atoms with E-state index in [1.807, 2.05) is 37.3 Å². The van der Waals surface area contributed by atoms with Crippen LogP contribution in [0.5, 0.6) is 5.75 Å². The molecular weight excluding hydrogens is 373 g/mol. The van der Waals surface area contributed by atoms with Gasteiger partial charge >= 0.3 is 0 Å². The van der Waals surface area contributed by atoms with Crippen molar-refractivity contribution in [1.29, 1.82) is 0 Å². The number of aromatic nitrogens is 2. The number of hydrogen-bond donors (Lipinski definition) is 0. The van der Waals surface area contributed by atoms with Gasteiger partial charge in [0.05, 0.1) is 6.54 Å². The van der Waals surface area contributed by atoms with E-state index in [2.05, 4.69) is 5.10 Å². The van der Waals surface area contributed by atoms with Crippen molar-refractivity contribution in [3.63, 3.8) is 0 Å². The van der Waals surface area contributed by atoms with Gasteiger partial charge in [0.15, 0.2) is 0 Å². The minimum absolute atomic E-state index is 0.155. The number of halogens is 1. The first-order valence-corrected chi connectivity index (χ1v) is 9.36. The molecule has 0 aliphatic heterocycles. The topological polar surface area (TPSA) is 64.4 Å². The van der Waals surface area contributed by atoms with Crippen LogP contribution in [0.3, 0.4) is 0 Å². The van der Waals surface area contributed by atoms with E-state index >= 15 is 0 Å². The summed E-state index contributed by atoms with van der Waals surface area (Å²) in [5.41, 5.74) is 0.527. The van der Waals surface area contributed by atoms with Gasteiger partial charge in [-0.25, -0.2) is 9.07 Å². The number of carbonyl (C=O) groups is 1. The Morgan fingerprint density at radius 2 is 1.90 bits per heavy atom. The second-order valence-corrected chi connectivity index (χ2v) is 6.39. The molecule has 0 saturated carbocycles. The van der Waals surface area contributed by atoms with Crippen LogP contribution in [0, 0.1) is 5.82 Å². The van der Waals surface area contributed by atoms with Crippen LogP contribution in [0.4, 0.5) is 4.39 Å². The Labute approximate surface area is 168 Å². The smallest absolute Gasteiger partial charge is 0.274 e. The molecule has 0 bridgehead atoms. The highest BCUT2D eigenvalue weighted by Crippen LogP contribution is 2.10. The normalized spacial score (nSPS) is 10.6. The molecule has 1 aromatic heterocycles. The lowest BCUT2D eigenvalue weighted by atomic mass is 10.2. The Morgan fingerprint density at radius 3 is 2.62 bits per heavy atom. The van der Waals surface area contributed by atoms with Crippen molar-refractivity contribution in [2.24, 2.45) is 0 Å². The van der Waals surface area contributed by atoms with E-state index in [0.29, 0.717) is 17.9 Å². The second-order valence-electron chi connectivity index (χ2n) is 6.39. The molecule has 0 fully saturated rings. The van der Waals surface area contributed by atoms with Crippen LogP contribution < -0.4 is 10.3 Å². The number of amides is 1. The van der Waals surface area contributed by atoms with E-state index in [-0.39, 0.29) is 42.7 Å². The molecule has 0 spiro atoms. The average molecular weight is 395 g/mol. The molecule has 3 rings (SSSR count). The van der Waals surface area contributed by atoms with Crippen LogP contribution in [-0.4, -0.2) is 33.7 Å². The van der Waals surface area contributed by atoms with Crippen molar-refractivity contribution < 1.29 is 13.9 Å². The van der Waals surface area contributed by atoms with Crippen LogP contribution >= 0.6 is 0 Å². The van der Waals surface area contributed by atoms with Crippen LogP contribution in [0.1, 0.15) is 23.0 Å². The van der Waals surface area contributed by atoms with Crippen molar-refractivity contribution in [2.75, 3.05) is 13.2 Å². The summed E-state index contributed by atoms with van der Waals surface area (Å²) < 4.78 is 20.2. The van der Waals surface area contributed by atoms with Gasteiger partial charge in [-0.1, -0.05) is 30.3 Å². The molecule has 0 saturated heterocycles. The SMILES string of the molecule is CCN(Cc1cccc(F)c1)C(=O)c1ccc(=O)n(CCOc2ccccc2)n1. The number of carbonyl (C=O) groups excluding carboxylic acids is 1. The van der Waals surface area contributed by atoms with Gasteiger partial charge in [-0.2, -0.15) is 5.10 Å². The third-order valence-corrected chi connectivity index (χ3v) is 4.33. The molecule has 0 aliphatic carbocycles. The third kappa shape index (κ3) is 5.51. The van der Waals surface area contributed by atoms with E-state index in [1.54, 1.807) is 17.0 Å². The van der Waals surface area contributed by atoms with Gasteiger partial charge in [-0.3, -0.25) is 9.59 Å². The molecule has 0 N–H and O–H groups in total. The summed E-state index contributed by atoms with van der Waals surface area (Å²) in [7, 11) is 0. The molecule has 1 heterocycles. The maximum atomic E-state index is 13.4. The van der Waals surface area contributed by atoms with Crippen molar-refractivity contribution in [3.8, 4) is 5.75 Å². The highest BCUT2D eigenvalue weighted by Gasteiger charge is 2.17. The van der Waals surface area contributed by atoms with E-state index in [1.165, 1.54) is 28.9 Å². The molecule has 0 unspecified atom stereocenters. The summed E-state index contributed by atoms with van der Waals surface area (Å²) in [6.07, 6.45) is 0. The number of hydrogen-bond acceptors (Lipinski definition) is 4. The van der Waals surface area contributed by atoms with Crippen LogP contribution in [0.2, 0.25) is 0 Å². The minimum Gasteiger partial charge on any atom is -0.492 e. The molecule has 0 atom stereocenters. The summed E-state index contributed by atoms with van der Waals surface area (Å²) in [6, 6.07) is 18.1. The first-order chi connectivity index (χ1) is 14.1. The Balaban J connectivity index is 1.69. The van der Waals surface area contributed by atoms with Gasteiger partial charge < -0.3 is 9.64 Å². The standard InChI is InChI=1S/C22H22FN3O3/c1-2-25(16-17-7-6-8-18(23)15-17)22(28)20-11-12-21(27)26(24-20)13-14-29-19-9-4-3-5-10-19/h3-12,15H,2,13-14,16H2,1H3. The summed E-state index contributed by atoms with van der Waals surface area (Å²) in [5.74, 6) is 0.0191. The van der Waals surface area contributed by atoms with Gasteiger partial charge in [0.25, 0.3) is 11.5 Å². The van der Waals surface area contributed by atoms with Crippen molar-refractivity contribution >= 4 is 5.91 Å². The van der Waals surface area contributed by atoms with E-state index in [4.69, 9.17) is 4.74 Å². The summed E-state index contributed by atoms with van der Waals surface area (Å²) in [5, 5.41) is 4.19. The van der Waals surface area contributed by atoms with Crippen molar-refractivity contribution in [3.05, 3.63) is 94.2 Å². The van der Waals surface area contributed by atoms with Gasteiger partial charge in [0, 0.05) is 19.2 Å². The number of rotatable bonds is 8. The third-order valence-electron chi connectivity index (χ3n) is 4.33. The predicted molar refractivity (Wildman–Crippen MR) is 107 cm³/mol. The van der Waals surface area contributed by atoms with E-state index in [9.17, 15) is 14.0 Å². The summed E-state index contributed by atoms with van der Waals surface area (Å²) in [6.45, 7) is 2.97. The molecule has 0 radical (unpaired) electrons. The van der Waals surface area contributed by atoms with Crippen LogP contribution in [0.15, 0.2) is 71.5 Å². The van der Waals surface area contributed by atoms with Gasteiger partial charge in [0.2, 0.25) is 0 Å². The maximum Gasteiger partial charge on any atom is 0.274 e. The molecular formula is C22H22FN3O3. The Morgan fingerprint density at radius 1 is 1.10 bits per heavy atom. The average Bonchev–Trinajstić information content (AvgIpc) is 2.74. The largest absolute Gasteiger partial charge is 0.492 e. The van der Waals surface area contributed by atoms with Gasteiger partial charge in [-0.05, 0) is 42.8 Å². The highest BCUT2D eigenvalue weighted by atomic mass is 19.1. The molecule has 2 aromatic carbocycles. The monoisotopic (exact) mass is 395 g/mol. The lowest BCUT2D eigenvalue weighted by Crippen LogP contribution is -2.34. The zero-order chi connectivity index (χ0) is 20.6. The fraction of sp³-hybridized carbons (Fsp3) is 0.227. The fourth-order valence-corrected chi connectivity index (χ4v) is 2.83. The fourth-order valence-electron chi connectivity index (χ4n) is 2.83.